The summed E-state index contributed by atoms with van der Waals surface area (Å²) in [6.45, 7) is 5.61. The van der Waals surface area contributed by atoms with E-state index in [4.69, 9.17) is 5.11 Å². The molecule has 1 rings (SSSR count). The predicted octanol–water partition coefficient (Wildman–Crippen LogP) is 1.35. The molecule has 0 fully saturated rings. The number of hydrogen-bond acceptors (Lipinski definition) is 4. The predicted molar refractivity (Wildman–Crippen MR) is 77.0 cm³/mol. The summed E-state index contributed by atoms with van der Waals surface area (Å²) in [5.74, 6) is 0. The molecule has 0 heterocycles. The van der Waals surface area contributed by atoms with Gasteiger partial charge in [-0.1, -0.05) is 6.92 Å². The fourth-order valence-corrected chi connectivity index (χ4v) is 4.04. The minimum absolute atomic E-state index is 0.117. The Hall–Kier alpha value is -1.11. The van der Waals surface area contributed by atoms with Crippen LogP contribution in [0, 0.1) is 13.8 Å². The van der Waals surface area contributed by atoms with Gasteiger partial charge in [-0.05, 0) is 37.1 Å². The van der Waals surface area contributed by atoms with Crippen molar-refractivity contribution in [2.24, 2.45) is 0 Å². The number of hydrogen-bond donors (Lipinski definition) is 2. The van der Waals surface area contributed by atoms with Gasteiger partial charge in [0, 0.05) is 25.8 Å². The lowest BCUT2D eigenvalue weighted by molar-refractivity contribution is 0.257. The van der Waals surface area contributed by atoms with Gasteiger partial charge in [0.1, 0.15) is 0 Å². The third-order valence-electron chi connectivity index (χ3n) is 3.05. The van der Waals surface area contributed by atoms with E-state index in [0.717, 1.165) is 5.69 Å². The molecule has 2 N–H and O–H groups in total. The first kappa shape index (κ1) is 15.9. The summed E-state index contributed by atoms with van der Waals surface area (Å²) < 4.78 is 26.5. The van der Waals surface area contributed by atoms with Crippen molar-refractivity contribution in [3.05, 3.63) is 23.3 Å². The zero-order chi connectivity index (χ0) is 14.6. The van der Waals surface area contributed by atoms with Crippen LogP contribution >= 0.6 is 0 Å². The number of aliphatic hydroxyl groups excluding tert-OH is 1. The van der Waals surface area contributed by atoms with Crippen LogP contribution in [-0.2, 0) is 10.0 Å². The molecular formula is C13H22N2O3S. The van der Waals surface area contributed by atoms with Gasteiger partial charge in [0.15, 0.2) is 0 Å². The molecule has 0 radical (unpaired) electrons. The summed E-state index contributed by atoms with van der Waals surface area (Å²) in [5, 5.41) is 12.0. The molecule has 0 unspecified atom stereocenters. The van der Waals surface area contributed by atoms with E-state index in [1.54, 1.807) is 27.8 Å². The number of nitrogens with one attached hydrogen (secondary N) is 1. The second-order valence-electron chi connectivity index (χ2n) is 4.41. The van der Waals surface area contributed by atoms with Crippen LogP contribution in [0.3, 0.4) is 0 Å². The average Bonchev–Trinajstić information content (AvgIpc) is 2.34. The molecule has 0 atom stereocenters. The van der Waals surface area contributed by atoms with Crippen molar-refractivity contribution in [2.75, 3.05) is 32.1 Å². The highest BCUT2D eigenvalue weighted by Crippen LogP contribution is 2.26. The minimum Gasteiger partial charge on any atom is -0.395 e. The number of anilines is 1. The molecule has 0 amide bonds. The third kappa shape index (κ3) is 3.26. The molecule has 0 aliphatic heterocycles. The monoisotopic (exact) mass is 286 g/mol. The van der Waals surface area contributed by atoms with Crippen molar-refractivity contribution in [2.45, 2.75) is 25.7 Å². The molecule has 0 bridgehead atoms. The minimum atomic E-state index is -3.55. The Morgan fingerprint density at radius 1 is 1.26 bits per heavy atom. The molecule has 0 spiro atoms. The summed E-state index contributed by atoms with van der Waals surface area (Å²) in [4.78, 5) is 0.335. The fourth-order valence-electron chi connectivity index (χ4n) is 2.19. The largest absolute Gasteiger partial charge is 0.395 e. The Morgan fingerprint density at radius 2 is 1.79 bits per heavy atom. The number of rotatable bonds is 6. The first-order chi connectivity index (χ1) is 8.88. The Kier molecular flexibility index (Phi) is 5.34. The van der Waals surface area contributed by atoms with Crippen LogP contribution in [0.5, 0.6) is 0 Å². The Balaban J connectivity index is 3.36. The van der Waals surface area contributed by atoms with Crippen molar-refractivity contribution in [1.29, 1.82) is 0 Å². The van der Waals surface area contributed by atoms with E-state index in [1.165, 1.54) is 4.31 Å². The van der Waals surface area contributed by atoms with E-state index in [1.807, 2.05) is 12.1 Å². The van der Waals surface area contributed by atoms with Gasteiger partial charge in [0.05, 0.1) is 11.5 Å². The quantitative estimate of drug-likeness (QED) is 0.828. The molecule has 19 heavy (non-hydrogen) atoms. The van der Waals surface area contributed by atoms with Gasteiger partial charge in [0.25, 0.3) is 0 Å². The Labute approximate surface area is 115 Å². The topological polar surface area (TPSA) is 69.6 Å². The highest BCUT2D eigenvalue weighted by molar-refractivity contribution is 7.89. The van der Waals surface area contributed by atoms with E-state index < -0.39 is 10.0 Å². The van der Waals surface area contributed by atoms with Crippen molar-refractivity contribution in [3.8, 4) is 0 Å². The first-order valence-corrected chi connectivity index (χ1v) is 7.72. The maximum atomic E-state index is 12.6. The summed E-state index contributed by atoms with van der Waals surface area (Å²) in [5.41, 5.74) is 2.31. The zero-order valence-electron chi connectivity index (χ0n) is 11.9. The van der Waals surface area contributed by atoms with E-state index in [-0.39, 0.29) is 13.2 Å². The molecule has 1 aromatic rings. The standard InChI is InChI=1S/C13H22N2O3S/c1-5-15(6-7-16)19(17,18)13-10(2)8-12(14-4)9-11(13)3/h8-9,14,16H,5-7H2,1-4H3. The Bertz CT molecular complexity index is 518. The van der Waals surface area contributed by atoms with Gasteiger partial charge in [0.2, 0.25) is 10.0 Å². The van der Waals surface area contributed by atoms with Crippen LogP contribution in [0.2, 0.25) is 0 Å². The molecule has 108 valence electrons. The number of nitrogens with zero attached hydrogens (tertiary/aromatic N) is 1. The van der Waals surface area contributed by atoms with E-state index in [9.17, 15) is 8.42 Å². The molecule has 6 heteroatoms. The lowest BCUT2D eigenvalue weighted by atomic mass is 10.1. The molecule has 0 aliphatic rings. The summed E-state index contributed by atoms with van der Waals surface area (Å²) in [6.07, 6.45) is 0. The number of aryl methyl sites for hydroxylation is 2. The fraction of sp³-hybridized carbons (Fsp3) is 0.538. The van der Waals surface area contributed by atoms with Gasteiger partial charge in [-0.2, -0.15) is 4.31 Å². The Morgan fingerprint density at radius 3 is 2.16 bits per heavy atom. The highest BCUT2D eigenvalue weighted by atomic mass is 32.2. The van der Waals surface area contributed by atoms with E-state index >= 15 is 0 Å². The van der Waals surface area contributed by atoms with Crippen LogP contribution < -0.4 is 5.32 Å². The van der Waals surface area contributed by atoms with E-state index in [2.05, 4.69) is 5.32 Å². The number of benzene rings is 1. The molecule has 0 saturated heterocycles. The third-order valence-corrected chi connectivity index (χ3v) is 5.33. The molecular weight excluding hydrogens is 264 g/mol. The SMILES string of the molecule is CCN(CCO)S(=O)(=O)c1c(C)cc(NC)cc1C. The molecule has 0 aliphatic carbocycles. The zero-order valence-corrected chi connectivity index (χ0v) is 12.7. The van der Waals surface area contributed by atoms with Gasteiger partial charge in [-0.25, -0.2) is 8.42 Å². The highest BCUT2D eigenvalue weighted by Gasteiger charge is 2.26. The molecule has 0 saturated carbocycles. The van der Waals surface area contributed by atoms with Crippen LogP contribution in [0.25, 0.3) is 0 Å². The number of likely N-dealkylation sites (N-methyl/N-ethyl adjacent to an activating group) is 1. The lowest BCUT2D eigenvalue weighted by Crippen LogP contribution is -2.34. The number of sulfonamides is 1. The first-order valence-electron chi connectivity index (χ1n) is 6.28. The maximum Gasteiger partial charge on any atom is 0.243 e. The van der Waals surface area contributed by atoms with Crippen molar-refractivity contribution >= 4 is 15.7 Å². The van der Waals surface area contributed by atoms with Gasteiger partial charge >= 0.3 is 0 Å². The lowest BCUT2D eigenvalue weighted by Gasteiger charge is -2.22. The van der Waals surface area contributed by atoms with Gasteiger partial charge in [-0.15, -0.1) is 0 Å². The van der Waals surface area contributed by atoms with Crippen molar-refractivity contribution < 1.29 is 13.5 Å². The van der Waals surface area contributed by atoms with Crippen LogP contribution in [0.15, 0.2) is 17.0 Å². The summed E-state index contributed by atoms with van der Waals surface area (Å²) in [7, 11) is -1.76. The smallest absolute Gasteiger partial charge is 0.243 e. The second kappa shape index (κ2) is 6.36. The molecule has 1 aromatic carbocycles. The molecule has 5 nitrogen and oxygen atoms in total. The second-order valence-corrected chi connectivity index (χ2v) is 6.28. The van der Waals surface area contributed by atoms with Crippen molar-refractivity contribution in [1.82, 2.24) is 4.31 Å². The van der Waals surface area contributed by atoms with E-state index in [0.29, 0.717) is 22.6 Å². The average molecular weight is 286 g/mol. The maximum absolute atomic E-state index is 12.6. The number of aliphatic hydroxyl groups is 1. The van der Waals surface area contributed by atoms with Gasteiger partial charge in [-0.3, -0.25) is 0 Å². The van der Waals surface area contributed by atoms with Crippen LogP contribution in [0.1, 0.15) is 18.1 Å². The summed E-state index contributed by atoms with van der Waals surface area (Å²) >= 11 is 0. The van der Waals surface area contributed by atoms with Crippen molar-refractivity contribution in [3.63, 3.8) is 0 Å². The van der Waals surface area contributed by atoms with Gasteiger partial charge < -0.3 is 10.4 Å². The summed E-state index contributed by atoms with van der Waals surface area (Å²) in [6, 6.07) is 3.62. The van der Waals surface area contributed by atoms with Crippen LogP contribution in [-0.4, -0.2) is 44.6 Å². The van der Waals surface area contributed by atoms with Crippen LogP contribution in [0.4, 0.5) is 5.69 Å². The molecule has 0 aromatic heterocycles. The normalized spacial score (nSPS) is 11.9.